The van der Waals surface area contributed by atoms with Crippen molar-refractivity contribution in [2.24, 2.45) is 5.92 Å². The molecule has 0 saturated heterocycles. The van der Waals surface area contributed by atoms with Crippen molar-refractivity contribution < 1.29 is 9.47 Å². The summed E-state index contributed by atoms with van der Waals surface area (Å²) in [6, 6.07) is 7.97. The number of aromatic nitrogens is 2. The Morgan fingerprint density at radius 2 is 1.33 bits per heavy atom. The molecule has 0 aliphatic heterocycles. The first-order chi connectivity index (χ1) is 14.7. The van der Waals surface area contributed by atoms with Gasteiger partial charge >= 0.3 is 0 Å². The summed E-state index contributed by atoms with van der Waals surface area (Å²) < 4.78 is 11.6. The van der Waals surface area contributed by atoms with Gasteiger partial charge in [0.15, 0.2) is 11.6 Å². The fraction of sp³-hybridized carbons (Fsp3) is 0.615. The highest BCUT2D eigenvalue weighted by atomic mass is 16.5. The molecule has 1 atom stereocenters. The normalized spacial score (nSPS) is 12.0. The maximum atomic E-state index is 5.81. The van der Waals surface area contributed by atoms with E-state index in [4.69, 9.17) is 9.47 Å². The maximum absolute atomic E-state index is 5.81. The zero-order valence-corrected chi connectivity index (χ0v) is 19.2. The number of rotatable bonds is 16. The second-order valence-corrected chi connectivity index (χ2v) is 8.27. The topological polar surface area (TPSA) is 44.2 Å². The number of hydrogen-bond donors (Lipinski definition) is 0. The lowest BCUT2D eigenvalue weighted by Gasteiger charge is -2.11. The average molecular weight is 413 g/mol. The van der Waals surface area contributed by atoms with Gasteiger partial charge in [0.05, 0.1) is 25.6 Å². The predicted molar refractivity (Wildman–Crippen MR) is 125 cm³/mol. The Morgan fingerprint density at radius 3 is 1.93 bits per heavy atom. The van der Waals surface area contributed by atoms with E-state index < -0.39 is 0 Å². The van der Waals surface area contributed by atoms with Gasteiger partial charge in [0.25, 0.3) is 0 Å². The van der Waals surface area contributed by atoms with Crippen LogP contribution in [0.2, 0.25) is 0 Å². The third kappa shape index (κ3) is 9.60. The van der Waals surface area contributed by atoms with Gasteiger partial charge in [0.2, 0.25) is 0 Å². The molecule has 166 valence electrons. The van der Waals surface area contributed by atoms with E-state index >= 15 is 0 Å². The van der Waals surface area contributed by atoms with Crippen LogP contribution in [0.15, 0.2) is 36.7 Å². The van der Waals surface area contributed by atoms with Crippen molar-refractivity contribution in [2.75, 3.05) is 13.2 Å². The number of hydrogen-bond acceptors (Lipinski definition) is 4. The highest BCUT2D eigenvalue weighted by Crippen LogP contribution is 2.21. The zero-order valence-electron chi connectivity index (χ0n) is 19.2. The number of nitrogens with zero attached hydrogens (tertiary/aromatic N) is 2. The fourth-order valence-corrected chi connectivity index (χ4v) is 3.20. The molecule has 0 N–H and O–H groups in total. The highest BCUT2D eigenvalue weighted by molar-refractivity contribution is 5.56. The Kier molecular flexibility index (Phi) is 11.9. The molecule has 0 amide bonds. The third-order valence-electron chi connectivity index (χ3n) is 5.49. The Hall–Kier alpha value is -2.10. The first-order valence-corrected chi connectivity index (χ1v) is 11.9. The summed E-state index contributed by atoms with van der Waals surface area (Å²) >= 11 is 0. The van der Waals surface area contributed by atoms with Crippen molar-refractivity contribution in [1.82, 2.24) is 9.97 Å². The van der Waals surface area contributed by atoms with E-state index in [1.807, 2.05) is 24.3 Å². The van der Waals surface area contributed by atoms with E-state index in [1.165, 1.54) is 51.4 Å². The molecule has 0 aliphatic carbocycles. The van der Waals surface area contributed by atoms with Gasteiger partial charge in [0.1, 0.15) is 5.75 Å². The summed E-state index contributed by atoms with van der Waals surface area (Å²) in [5, 5.41) is 0. The van der Waals surface area contributed by atoms with Crippen LogP contribution in [0.5, 0.6) is 11.5 Å². The van der Waals surface area contributed by atoms with Gasteiger partial charge in [0, 0.05) is 5.56 Å². The minimum absolute atomic E-state index is 0.566. The van der Waals surface area contributed by atoms with Crippen LogP contribution in [-0.2, 0) is 0 Å². The minimum atomic E-state index is 0.566. The molecule has 2 aromatic rings. The lowest BCUT2D eigenvalue weighted by atomic mass is 10.1. The van der Waals surface area contributed by atoms with Crippen LogP contribution in [0.3, 0.4) is 0 Å². The monoisotopic (exact) mass is 412 g/mol. The molecule has 0 spiro atoms. The molecule has 0 bridgehead atoms. The first-order valence-electron chi connectivity index (χ1n) is 11.9. The molecular weight excluding hydrogens is 372 g/mol. The summed E-state index contributed by atoms with van der Waals surface area (Å²) in [5.41, 5.74) is 0.983. The van der Waals surface area contributed by atoms with Gasteiger partial charge in [-0.25, -0.2) is 9.97 Å². The summed E-state index contributed by atoms with van der Waals surface area (Å²) in [6.07, 6.45) is 16.5. The van der Waals surface area contributed by atoms with Crippen molar-refractivity contribution in [3.05, 3.63) is 36.7 Å². The van der Waals surface area contributed by atoms with Crippen molar-refractivity contribution in [3.63, 3.8) is 0 Å². The number of ether oxygens (including phenoxy) is 2. The Morgan fingerprint density at radius 1 is 0.733 bits per heavy atom. The Labute approximate surface area is 183 Å². The van der Waals surface area contributed by atoms with Gasteiger partial charge in [-0.2, -0.15) is 0 Å². The minimum Gasteiger partial charge on any atom is -0.493 e. The predicted octanol–water partition coefficient (Wildman–Crippen LogP) is 7.48. The van der Waals surface area contributed by atoms with Gasteiger partial charge in [-0.15, -0.1) is 0 Å². The fourth-order valence-electron chi connectivity index (χ4n) is 3.20. The number of unbranched alkanes of at least 4 members (excludes halogenated alkanes) is 8. The molecule has 4 nitrogen and oxygen atoms in total. The average Bonchev–Trinajstić information content (AvgIpc) is 2.79. The zero-order chi connectivity index (χ0) is 21.4. The van der Waals surface area contributed by atoms with Crippen LogP contribution in [0.1, 0.15) is 85.0 Å². The molecule has 0 unspecified atom stereocenters. The summed E-state index contributed by atoms with van der Waals surface area (Å²) in [6.45, 7) is 8.12. The summed E-state index contributed by atoms with van der Waals surface area (Å²) in [7, 11) is 0. The molecule has 1 aromatic carbocycles. The van der Waals surface area contributed by atoms with Crippen molar-refractivity contribution in [3.8, 4) is 22.9 Å². The number of benzene rings is 1. The van der Waals surface area contributed by atoms with Crippen LogP contribution in [0.25, 0.3) is 11.4 Å². The van der Waals surface area contributed by atoms with Gasteiger partial charge in [-0.1, -0.05) is 78.6 Å². The maximum Gasteiger partial charge on any atom is 0.159 e. The molecule has 0 aliphatic rings. The van der Waals surface area contributed by atoms with Crippen molar-refractivity contribution in [2.45, 2.75) is 85.0 Å². The molecule has 1 aromatic heterocycles. The van der Waals surface area contributed by atoms with E-state index in [0.29, 0.717) is 11.7 Å². The summed E-state index contributed by atoms with van der Waals surface area (Å²) in [5.74, 6) is 2.90. The lowest BCUT2D eigenvalue weighted by molar-refractivity contribution is 0.256. The lowest BCUT2D eigenvalue weighted by Crippen LogP contribution is -2.07. The van der Waals surface area contributed by atoms with Crippen LogP contribution in [-0.4, -0.2) is 23.2 Å². The van der Waals surface area contributed by atoms with Crippen LogP contribution in [0.4, 0.5) is 0 Å². The second-order valence-electron chi connectivity index (χ2n) is 8.27. The van der Waals surface area contributed by atoms with Crippen molar-refractivity contribution in [1.29, 1.82) is 0 Å². The van der Waals surface area contributed by atoms with Gasteiger partial charge in [-0.05, 0) is 36.6 Å². The van der Waals surface area contributed by atoms with Gasteiger partial charge in [-0.3, -0.25) is 0 Å². The SMILES string of the molecule is CCCCCCCCCCCOc1cnc(-c2ccc(OC[C@@H](C)CC)cc2)nc1. The van der Waals surface area contributed by atoms with E-state index in [2.05, 4.69) is 30.7 Å². The molecular formula is C26H40N2O2. The summed E-state index contributed by atoms with van der Waals surface area (Å²) in [4.78, 5) is 8.91. The molecule has 1 heterocycles. The highest BCUT2D eigenvalue weighted by Gasteiger charge is 2.04. The molecule has 2 rings (SSSR count). The molecule has 0 fully saturated rings. The largest absolute Gasteiger partial charge is 0.493 e. The molecule has 4 heteroatoms. The van der Waals surface area contributed by atoms with Crippen molar-refractivity contribution >= 4 is 0 Å². The van der Waals surface area contributed by atoms with Crippen LogP contribution < -0.4 is 9.47 Å². The first kappa shape index (κ1) is 24.2. The quantitative estimate of drug-likeness (QED) is 0.268. The standard InChI is InChI=1S/C26H40N2O2/c1-4-6-7-8-9-10-11-12-13-18-29-25-19-27-26(28-20-25)23-14-16-24(17-15-23)30-21-22(3)5-2/h14-17,19-20,22H,4-13,18,21H2,1-3H3/t22-/m0/s1. The third-order valence-corrected chi connectivity index (χ3v) is 5.49. The smallest absolute Gasteiger partial charge is 0.159 e. The van der Waals surface area contributed by atoms with E-state index in [1.54, 1.807) is 12.4 Å². The van der Waals surface area contributed by atoms with E-state index in [-0.39, 0.29) is 0 Å². The Bertz CT molecular complexity index is 670. The van der Waals surface area contributed by atoms with E-state index in [0.717, 1.165) is 43.1 Å². The van der Waals surface area contributed by atoms with Crippen LogP contribution in [0, 0.1) is 5.92 Å². The molecule has 30 heavy (non-hydrogen) atoms. The Balaban J connectivity index is 1.64. The van der Waals surface area contributed by atoms with Gasteiger partial charge < -0.3 is 9.47 Å². The van der Waals surface area contributed by atoms with Crippen LogP contribution >= 0.6 is 0 Å². The molecule has 0 radical (unpaired) electrons. The second kappa shape index (κ2) is 14.8. The molecule has 0 saturated carbocycles. The van der Waals surface area contributed by atoms with E-state index in [9.17, 15) is 0 Å².